The molecule has 0 fully saturated rings. The van der Waals surface area contributed by atoms with Crippen LogP contribution in [0.2, 0.25) is 10.0 Å². The summed E-state index contributed by atoms with van der Waals surface area (Å²) in [4.78, 5) is 14.0. The number of hydrogen-bond donors (Lipinski definition) is 0. The van der Waals surface area contributed by atoms with Gasteiger partial charge >= 0.3 is 0 Å². The fourth-order valence-corrected chi connectivity index (χ4v) is 2.87. The number of rotatable bonds is 6. The Hall–Kier alpha value is -1.71. The molecule has 23 heavy (non-hydrogen) atoms. The zero-order chi connectivity index (χ0) is 16.8. The van der Waals surface area contributed by atoms with Crippen LogP contribution in [0.4, 0.5) is 0 Å². The SMILES string of the molecule is COc1ccc(CN(C)C(=O)CCc2c(Cl)cccc2Cl)cc1. The molecule has 0 spiro atoms. The highest BCUT2D eigenvalue weighted by Crippen LogP contribution is 2.25. The largest absolute Gasteiger partial charge is 0.497 e. The number of hydrogen-bond acceptors (Lipinski definition) is 2. The molecule has 2 aromatic rings. The topological polar surface area (TPSA) is 29.5 Å². The Morgan fingerprint density at radius 2 is 1.70 bits per heavy atom. The Bertz CT molecular complexity index is 651. The van der Waals surface area contributed by atoms with Gasteiger partial charge in [0.2, 0.25) is 5.91 Å². The summed E-state index contributed by atoms with van der Waals surface area (Å²) in [6.45, 7) is 0.555. The molecule has 1 amide bonds. The van der Waals surface area contributed by atoms with Gasteiger partial charge in [-0.15, -0.1) is 0 Å². The van der Waals surface area contributed by atoms with Crippen LogP contribution < -0.4 is 4.74 Å². The first-order valence-corrected chi connectivity index (χ1v) is 8.06. The summed E-state index contributed by atoms with van der Waals surface area (Å²) in [5, 5.41) is 1.20. The van der Waals surface area contributed by atoms with Crippen LogP contribution in [0, 0.1) is 0 Å². The van der Waals surface area contributed by atoms with Crippen molar-refractivity contribution in [2.45, 2.75) is 19.4 Å². The minimum Gasteiger partial charge on any atom is -0.497 e. The molecule has 0 aliphatic carbocycles. The first-order chi connectivity index (χ1) is 11.0. The molecule has 0 radical (unpaired) electrons. The Balaban J connectivity index is 1.92. The van der Waals surface area contributed by atoms with Crippen LogP contribution in [-0.2, 0) is 17.8 Å². The molecule has 0 saturated carbocycles. The zero-order valence-electron chi connectivity index (χ0n) is 13.2. The van der Waals surface area contributed by atoms with Gasteiger partial charge in [0.15, 0.2) is 0 Å². The number of amides is 1. The lowest BCUT2D eigenvalue weighted by Crippen LogP contribution is -2.26. The summed E-state index contributed by atoms with van der Waals surface area (Å²) < 4.78 is 5.13. The second-order valence-electron chi connectivity index (χ2n) is 5.30. The average molecular weight is 352 g/mol. The van der Waals surface area contributed by atoms with Crippen LogP contribution >= 0.6 is 23.2 Å². The predicted octanol–water partition coefficient (Wildman–Crippen LogP) is 4.59. The third-order valence-electron chi connectivity index (χ3n) is 3.66. The third kappa shape index (κ3) is 4.88. The van der Waals surface area contributed by atoms with Crippen molar-refractivity contribution in [3.05, 3.63) is 63.6 Å². The molecule has 0 heterocycles. The van der Waals surface area contributed by atoms with E-state index in [1.54, 1.807) is 37.3 Å². The highest BCUT2D eigenvalue weighted by Gasteiger charge is 2.12. The maximum Gasteiger partial charge on any atom is 0.222 e. The lowest BCUT2D eigenvalue weighted by Gasteiger charge is -2.18. The molecule has 0 saturated heterocycles. The number of carbonyl (C=O) groups is 1. The van der Waals surface area contributed by atoms with Crippen molar-refractivity contribution >= 4 is 29.1 Å². The summed E-state index contributed by atoms with van der Waals surface area (Å²) in [6.07, 6.45) is 0.903. The van der Waals surface area contributed by atoms with E-state index in [1.165, 1.54) is 0 Å². The molecule has 0 N–H and O–H groups in total. The van der Waals surface area contributed by atoms with Crippen LogP contribution in [-0.4, -0.2) is 25.0 Å². The molecule has 3 nitrogen and oxygen atoms in total. The molecule has 2 aromatic carbocycles. The number of carbonyl (C=O) groups excluding carboxylic acids is 1. The molecule has 5 heteroatoms. The normalized spacial score (nSPS) is 10.4. The van der Waals surface area contributed by atoms with Gasteiger partial charge in [-0.2, -0.15) is 0 Å². The van der Waals surface area contributed by atoms with Gasteiger partial charge in [0.05, 0.1) is 7.11 Å². The number of methoxy groups -OCH3 is 1. The fourth-order valence-electron chi connectivity index (χ4n) is 2.29. The Morgan fingerprint density at radius 3 is 2.26 bits per heavy atom. The van der Waals surface area contributed by atoms with E-state index in [9.17, 15) is 4.79 Å². The number of ether oxygens (including phenoxy) is 1. The first kappa shape index (κ1) is 17.6. The van der Waals surface area contributed by atoms with Gasteiger partial charge < -0.3 is 9.64 Å². The van der Waals surface area contributed by atoms with Crippen molar-refractivity contribution in [2.24, 2.45) is 0 Å². The van der Waals surface area contributed by atoms with Gasteiger partial charge in [0, 0.05) is 30.1 Å². The lowest BCUT2D eigenvalue weighted by molar-refractivity contribution is -0.130. The molecule has 0 aliphatic rings. The van der Waals surface area contributed by atoms with Gasteiger partial charge in [-0.05, 0) is 41.8 Å². The molecule has 0 aromatic heterocycles. The quantitative estimate of drug-likeness (QED) is 0.761. The Labute approximate surface area is 146 Å². The molecule has 0 bridgehead atoms. The molecular weight excluding hydrogens is 333 g/mol. The number of nitrogens with zero attached hydrogens (tertiary/aromatic N) is 1. The number of benzene rings is 2. The van der Waals surface area contributed by atoms with E-state index in [1.807, 2.05) is 24.3 Å². The molecule has 0 unspecified atom stereocenters. The van der Waals surface area contributed by atoms with E-state index < -0.39 is 0 Å². The summed E-state index contributed by atoms with van der Waals surface area (Å²) in [5.41, 5.74) is 1.87. The second-order valence-corrected chi connectivity index (χ2v) is 6.11. The van der Waals surface area contributed by atoms with Crippen molar-refractivity contribution in [1.82, 2.24) is 4.90 Å². The summed E-state index contributed by atoms with van der Waals surface area (Å²) in [5.74, 6) is 0.855. The van der Waals surface area contributed by atoms with Gasteiger partial charge in [-0.25, -0.2) is 0 Å². The van der Waals surface area contributed by atoms with Crippen LogP contribution in [0.25, 0.3) is 0 Å². The van der Waals surface area contributed by atoms with Crippen molar-refractivity contribution in [3.63, 3.8) is 0 Å². The predicted molar refractivity (Wildman–Crippen MR) is 94.3 cm³/mol. The fraction of sp³-hybridized carbons (Fsp3) is 0.278. The average Bonchev–Trinajstić information content (AvgIpc) is 2.54. The van der Waals surface area contributed by atoms with Gasteiger partial charge in [-0.1, -0.05) is 41.4 Å². The molecular formula is C18H19Cl2NO2. The van der Waals surface area contributed by atoms with E-state index >= 15 is 0 Å². The highest BCUT2D eigenvalue weighted by molar-refractivity contribution is 6.36. The van der Waals surface area contributed by atoms with Gasteiger partial charge in [-0.3, -0.25) is 4.79 Å². The second kappa shape index (κ2) is 8.23. The summed E-state index contributed by atoms with van der Waals surface area (Å²) in [7, 11) is 3.42. The zero-order valence-corrected chi connectivity index (χ0v) is 14.7. The molecule has 0 atom stereocenters. The van der Waals surface area contributed by atoms with Crippen LogP contribution in [0.15, 0.2) is 42.5 Å². The summed E-state index contributed by atoms with van der Waals surface area (Å²) in [6, 6.07) is 13.0. The van der Waals surface area contributed by atoms with Crippen molar-refractivity contribution < 1.29 is 9.53 Å². The maximum atomic E-state index is 12.3. The third-order valence-corrected chi connectivity index (χ3v) is 4.36. The Morgan fingerprint density at radius 1 is 1.09 bits per heavy atom. The van der Waals surface area contributed by atoms with E-state index in [2.05, 4.69) is 0 Å². The van der Waals surface area contributed by atoms with Crippen molar-refractivity contribution in [3.8, 4) is 5.75 Å². The maximum absolute atomic E-state index is 12.3. The molecule has 122 valence electrons. The first-order valence-electron chi connectivity index (χ1n) is 7.31. The smallest absolute Gasteiger partial charge is 0.222 e. The Kier molecular flexibility index (Phi) is 6.31. The van der Waals surface area contributed by atoms with Crippen molar-refractivity contribution in [2.75, 3.05) is 14.2 Å². The molecule has 0 aliphatic heterocycles. The standard InChI is InChI=1S/C18H19Cl2NO2/c1-21(12-13-6-8-14(23-2)9-7-13)18(22)11-10-15-16(19)4-3-5-17(15)20/h3-9H,10-12H2,1-2H3. The van der Waals surface area contributed by atoms with Gasteiger partial charge in [0.25, 0.3) is 0 Å². The van der Waals surface area contributed by atoms with E-state index in [-0.39, 0.29) is 5.91 Å². The van der Waals surface area contributed by atoms with Crippen molar-refractivity contribution in [1.29, 1.82) is 0 Å². The van der Waals surface area contributed by atoms with Crippen LogP contribution in [0.5, 0.6) is 5.75 Å². The van der Waals surface area contributed by atoms with Crippen LogP contribution in [0.1, 0.15) is 17.5 Å². The van der Waals surface area contributed by atoms with E-state index in [0.29, 0.717) is 29.4 Å². The van der Waals surface area contributed by atoms with Gasteiger partial charge in [0.1, 0.15) is 5.75 Å². The summed E-state index contributed by atoms with van der Waals surface area (Å²) >= 11 is 12.3. The monoisotopic (exact) mass is 351 g/mol. The highest BCUT2D eigenvalue weighted by atomic mass is 35.5. The minimum absolute atomic E-state index is 0.0526. The lowest BCUT2D eigenvalue weighted by atomic mass is 10.1. The van der Waals surface area contributed by atoms with Crippen LogP contribution in [0.3, 0.4) is 0 Å². The minimum atomic E-state index is 0.0526. The number of halogens is 2. The van der Waals surface area contributed by atoms with E-state index in [0.717, 1.165) is 16.9 Å². The van der Waals surface area contributed by atoms with E-state index in [4.69, 9.17) is 27.9 Å². The molecule has 2 rings (SSSR count).